The van der Waals surface area contributed by atoms with Crippen molar-refractivity contribution in [2.75, 3.05) is 6.61 Å². The normalized spacial score (nSPS) is 11.6. The zero-order valence-electron chi connectivity index (χ0n) is 18.3. The third-order valence-corrected chi connectivity index (χ3v) is 5.53. The summed E-state index contributed by atoms with van der Waals surface area (Å²) >= 11 is 0. The predicted octanol–water partition coefficient (Wildman–Crippen LogP) is 5.14. The van der Waals surface area contributed by atoms with Crippen LogP contribution in [-0.2, 0) is 4.74 Å². The summed E-state index contributed by atoms with van der Waals surface area (Å²) < 4.78 is 5.26. The molecule has 1 aliphatic carbocycles. The third kappa shape index (κ3) is 4.75. The number of carbonyl (C=O) groups is 2. The summed E-state index contributed by atoms with van der Waals surface area (Å²) in [6.45, 7) is 2.12. The number of fused-ring (bicyclic) bond motifs is 3. The number of unbranched alkanes of at least 4 members (excludes halogenated alkanes) is 5. The number of hydrogen-bond acceptors (Lipinski definition) is 9. The summed E-state index contributed by atoms with van der Waals surface area (Å²) in [6, 6.07) is 3.35. The molecule has 0 aromatic heterocycles. The van der Waals surface area contributed by atoms with Gasteiger partial charge in [-0.1, -0.05) is 39.0 Å². The van der Waals surface area contributed by atoms with E-state index < -0.39 is 43.6 Å². The van der Waals surface area contributed by atoms with Crippen molar-refractivity contribution >= 4 is 28.8 Å². The quantitative estimate of drug-likeness (QED) is 0.159. The molecular weight excluding hydrogens is 450 g/mol. The molecule has 1 aliphatic rings. The Morgan fingerprint density at radius 2 is 1.35 bits per heavy atom. The Hall–Kier alpha value is -4.22. The maximum atomic E-state index is 13.0. The first-order valence-electron chi connectivity index (χ1n) is 10.7. The zero-order chi connectivity index (χ0) is 25.0. The molecule has 0 N–H and O–H groups in total. The Balaban J connectivity index is 2.03. The molecule has 0 bridgehead atoms. The van der Waals surface area contributed by atoms with Gasteiger partial charge in [0.05, 0.1) is 38.6 Å². The van der Waals surface area contributed by atoms with Crippen molar-refractivity contribution in [2.45, 2.75) is 45.4 Å². The second-order valence-electron chi connectivity index (χ2n) is 7.81. The summed E-state index contributed by atoms with van der Waals surface area (Å²) in [7, 11) is 0. The molecule has 12 nitrogen and oxygen atoms in total. The van der Waals surface area contributed by atoms with Gasteiger partial charge in [0, 0.05) is 34.9 Å². The Labute approximate surface area is 193 Å². The molecule has 2 aromatic carbocycles. The Bertz CT molecular complexity index is 1210. The number of non-ortho nitro benzene ring substituents is 2. The molecule has 34 heavy (non-hydrogen) atoms. The molecule has 0 atom stereocenters. The van der Waals surface area contributed by atoms with Crippen molar-refractivity contribution < 1.29 is 29.1 Å². The molecule has 12 heteroatoms. The third-order valence-electron chi connectivity index (χ3n) is 5.53. The van der Waals surface area contributed by atoms with Crippen molar-refractivity contribution in [3.63, 3.8) is 0 Å². The van der Waals surface area contributed by atoms with E-state index in [1.165, 1.54) is 0 Å². The Morgan fingerprint density at radius 1 is 0.794 bits per heavy atom. The van der Waals surface area contributed by atoms with Gasteiger partial charge >= 0.3 is 5.97 Å². The Morgan fingerprint density at radius 3 is 1.94 bits per heavy atom. The van der Waals surface area contributed by atoms with Gasteiger partial charge in [0.1, 0.15) is 0 Å². The van der Waals surface area contributed by atoms with E-state index in [-0.39, 0.29) is 34.4 Å². The summed E-state index contributed by atoms with van der Waals surface area (Å²) in [6.07, 6.45) is 5.58. The summed E-state index contributed by atoms with van der Waals surface area (Å²) in [5, 5.41) is 34.3. The molecule has 0 aliphatic heterocycles. The first-order valence-corrected chi connectivity index (χ1v) is 10.7. The minimum atomic E-state index is -0.971. The molecule has 0 saturated heterocycles. The molecule has 178 valence electrons. The van der Waals surface area contributed by atoms with Crippen LogP contribution in [0.15, 0.2) is 24.3 Å². The predicted molar refractivity (Wildman–Crippen MR) is 119 cm³/mol. The first kappa shape index (κ1) is 24.4. The van der Waals surface area contributed by atoms with Crippen LogP contribution in [0.3, 0.4) is 0 Å². The van der Waals surface area contributed by atoms with Crippen molar-refractivity contribution in [3.8, 4) is 11.1 Å². The summed E-state index contributed by atoms with van der Waals surface area (Å²) in [5.41, 5.74) is -3.58. The van der Waals surface area contributed by atoms with Crippen LogP contribution < -0.4 is 0 Å². The zero-order valence-corrected chi connectivity index (χ0v) is 18.3. The largest absolute Gasteiger partial charge is 0.462 e. The van der Waals surface area contributed by atoms with Gasteiger partial charge < -0.3 is 4.74 Å². The van der Waals surface area contributed by atoms with Crippen LogP contribution in [-0.4, -0.2) is 33.1 Å². The standard InChI is InChI=1S/C22H21N3O9/c1-2-3-4-5-6-7-8-34-22(27)17-11-13(23(28)29)9-15-19(17)20-16(21(15)26)10-14(24(30)31)12-18(20)25(32)33/h9-12H,2-8H2,1H3. The lowest BCUT2D eigenvalue weighted by Gasteiger charge is -2.10. The maximum Gasteiger partial charge on any atom is 0.339 e. The van der Waals surface area contributed by atoms with Crippen LogP contribution in [0, 0.1) is 30.3 Å². The molecular formula is C22H21N3O9. The number of rotatable bonds is 11. The average Bonchev–Trinajstić information content (AvgIpc) is 3.09. The maximum absolute atomic E-state index is 13.0. The number of nitro benzene ring substituents is 3. The SMILES string of the molecule is CCCCCCCCOC(=O)c1cc([N+](=O)[O-])cc2c1-c1c(cc([N+](=O)[O-])cc1[N+](=O)[O-])C2=O. The van der Waals surface area contributed by atoms with Crippen LogP contribution in [0.25, 0.3) is 11.1 Å². The fourth-order valence-corrected chi connectivity index (χ4v) is 3.91. The molecule has 0 spiro atoms. The Kier molecular flexibility index (Phi) is 7.29. The van der Waals surface area contributed by atoms with Gasteiger partial charge in [-0.3, -0.25) is 35.1 Å². The molecule has 0 fully saturated rings. The number of benzene rings is 2. The molecule has 0 radical (unpaired) electrons. The highest BCUT2D eigenvalue weighted by molar-refractivity contribution is 6.26. The smallest absolute Gasteiger partial charge is 0.339 e. The lowest BCUT2D eigenvalue weighted by Crippen LogP contribution is -2.10. The monoisotopic (exact) mass is 471 g/mol. The van der Waals surface area contributed by atoms with Crippen LogP contribution >= 0.6 is 0 Å². The fourth-order valence-electron chi connectivity index (χ4n) is 3.91. The van der Waals surface area contributed by atoms with E-state index in [1.54, 1.807) is 0 Å². The van der Waals surface area contributed by atoms with Gasteiger partial charge in [0.2, 0.25) is 0 Å². The molecule has 3 rings (SSSR count). The highest BCUT2D eigenvalue weighted by Gasteiger charge is 2.40. The number of hydrogen-bond donors (Lipinski definition) is 0. The number of esters is 1. The van der Waals surface area contributed by atoms with Crippen molar-refractivity contribution in [3.05, 3.63) is 71.3 Å². The fraction of sp³-hybridized carbons (Fsp3) is 0.364. The second-order valence-corrected chi connectivity index (χ2v) is 7.81. The number of nitrogens with zero attached hydrogens (tertiary/aromatic N) is 3. The lowest BCUT2D eigenvalue weighted by atomic mass is 9.97. The van der Waals surface area contributed by atoms with E-state index in [0.717, 1.165) is 50.3 Å². The number of ether oxygens (including phenoxy) is 1. The van der Waals surface area contributed by atoms with E-state index in [4.69, 9.17) is 4.74 Å². The highest BCUT2D eigenvalue weighted by atomic mass is 16.6. The van der Waals surface area contributed by atoms with Crippen molar-refractivity contribution in [1.82, 2.24) is 0 Å². The van der Waals surface area contributed by atoms with Crippen molar-refractivity contribution in [2.24, 2.45) is 0 Å². The van der Waals surface area contributed by atoms with E-state index in [2.05, 4.69) is 6.92 Å². The highest BCUT2D eigenvalue weighted by Crippen LogP contribution is 2.47. The van der Waals surface area contributed by atoms with E-state index in [0.29, 0.717) is 12.5 Å². The topological polar surface area (TPSA) is 173 Å². The van der Waals surface area contributed by atoms with Gasteiger partial charge in [-0.25, -0.2) is 4.79 Å². The van der Waals surface area contributed by atoms with Crippen molar-refractivity contribution in [1.29, 1.82) is 0 Å². The van der Waals surface area contributed by atoms with E-state index >= 15 is 0 Å². The van der Waals surface area contributed by atoms with Crippen LogP contribution in [0.1, 0.15) is 71.7 Å². The summed E-state index contributed by atoms with van der Waals surface area (Å²) in [4.78, 5) is 57.5. The molecule has 0 saturated carbocycles. The molecule has 0 unspecified atom stereocenters. The molecule has 2 aromatic rings. The van der Waals surface area contributed by atoms with Gasteiger partial charge in [0.15, 0.2) is 5.78 Å². The lowest BCUT2D eigenvalue weighted by molar-refractivity contribution is -0.393. The van der Waals surface area contributed by atoms with Gasteiger partial charge in [-0.15, -0.1) is 0 Å². The minimum absolute atomic E-state index is 0.0333. The summed E-state index contributed by atoms with van der Waals surface area (Å²) in [5.74, 6) is -1.85. The number of carbonyl (C=O) groups excluding carboxylic acids is 2. The average molecular weight is 471 g/mol. The van der Waals surface area contributed by atoms with Gasteiger partial charge in [0.25, 0.3) is 17.1 Å². The van der Waals surface area contributed by atoms with Crippen LogP contribution in [0.5, 0.6) is 0 Å². The van der Waals surface area contributed by atoms with Gasteiger partial charge in [-0.05, 0) is 6.42 Å². The van der Waals surface area contributed by atoms with E-state index in [1.807, 2.05) is 0 Å². The second kappa shape index (κ2) is 10.1. The number of nitro groups is 3. The van der Waals surface area contributed by atoms with Crippen LogP contribution in [0.4, 0.5) is 17.1 Å². The first-order chi connectivity index (χ1) is 16.2. The molecule has 0 heterocycles. The van der Waals surface area contributed by atoms with Gasteiger partial charge in [-0.2, -0.15) is 0 Å². The van der Waals surface area contributed by atoms with E-state index in [9.17, 15) is 39.9 Å². The number of ketones is 1. The minimum Gasteiger partial charge on any atom is -0.462 e. The van der Waals surface area contributed by atoms with Crippen LogP contribution in [0.2, 0.25) is 0 Å². The molecule has 0 amide bonds.